The molecule has 3 heterocycles. The van der Waals surface area contributed by atoms with Gasteiger partial charge in [0.05, 0.1) is 23.0 Å². The number of nitrogens with zero attached hydrogens (tertiary/aromatic N) is 3. The van der Waals surface area contributed by atoms with Crippen LogP contribution >= 0.6 is 11.3 Å². The van der Waals surface area contributed by atoms with Crippen LogP contribution in [0.25, 0.3) is 26.3 Å². The summed E-state index contributed by atoms with van der Waals surface area (Å²) in [6.45, 7) is 1.86. The molecule has 0 fully saturated rings. The van der Waals surface area contributed by atoms with Gasteiger partial charge in [-0.2, -0.15) is 9.78 Å². The van der Waals surface area contributed by atoms with Crippen LogP contribution in [-0.2, 0) is 0 Å². The van der Waals surface area contributed by atoms with Gasteiger partial charge in [-0.05, 0) is 37.3 Å². The lowest BCUT2D eigenvalue weighted by Gasteiger charge is -2.04. The van der Waals surface area contributed by atoms with Crippen molar-refractivity contribution in [3.8, 4) is 10.9 Å². The molecule has 0 atom stereocenters. The fourth-order valence-electron chi connectivity index (χ4n) is 3.12. The van der Waals surface area contributed by atoms with Crippen molar-refractivity contribution in [2.75, 3.05) is 12.4 Å². The van der Waals surface area contributed by atoms with Crippen molar-refractivity contribution < 1.29 is 13.9 Å². The summed E-state index contributed by atoms with van der Waals surface area (Å²) >= 11 is 1.47. The fraction of sp³-hybridized carbons (Fsp3) is 0.0952. The predicted molar refractivity (Wildman–Crippen MR) is 112 cm³/mol. The fourth-order valence-corrected chi connectivity index (χ4v) is 4.08. The standard InChI is InChI=1S/C21H16N4O3S/c1-12-9-19(23-20(26)17-10-13-5-3-4-6-16(13)28-17)25(24-12)21-22-15-8-7-14(27-2)11-18(15)29-21/h3-11H,1-2H3,(H,23,26). The molecular weight excluding hydrogens is 388 g/mol. The Bertz CT molecular complexity index is 1330. The zero-order valence-electron chi connectivity index (χ0n) is 15.7. The number of furan rings is 1. The molecule has 0 aliphatic carbocycles. The maximum Gasteiger partial charge on any atom is 0.292 e. The normalized spacial score (nSPS) is 11.2. The smallest absolute Gasteiger partial charge is 0.292 e. The van der Waals surface area contributed by atoms with Crippen molar-refractivity contribution in [3.05, 3.63) is 66.1 Å². The molecule has 3 aromatic heterocycles. The minimum absolute atomic E-state index is 0.241. The van der Waals surface area contributed by atoms with Crippen molar-refractivity contribution in [2.24, 2.45) is 0 Å². The highest BCUT2D eigenvalue weighted by Gasteiger charge is 2.18. The summed E-state index contributed by atoms with van der Waals surface area (Å²) in [7, 11) is 1.63. The highest BCUT2D eigenvalue weighted by atomic mass is 32.1. The molecule has 1 amide bonds. The van der Waals surface area contributed by atoms with Crippen molar-refractivity contribution in [3.63, 3.8) is 0 Å². The van der Waals surface area contributed by atoms with Gasteiger partial charge in [0.2, 0.25) is 5.13 Å². The number of benzene rings is 2. The minimum Gasteiger partial charge on any atom is -0.497 e. The molecule has 144 valence electrons. The Morgan fingerprint density at radius 3 is 2.86 bits per heavy atom. The number of methoxy groups -OCH3 is 1. The zero-order valence-corrected chi connectivity index (χ0v) is 16.5. The number of hydrogen-bond acceptors (Lipinski definition) is 6. The first-order valence-corrected chi connectivity index (χ1v) is 9.74. The van der Waals surface area contributed by atoms with Gasteiger partial charge in [-0.15, -0.1) is 0 Å². The van der Waals surface area contributed by atoms with Crippen LogP contribution in [-0.4, -0.2) is 27.8 Å². The van der Waals surface area contributed by atoms with Gasteiger partial charge >= 0.3 is 0 Å². The third kappa shape index (κ3) is 3.13. The quantitative estimate of drug-likeness (QED) is 0.465. The van der Waals surface area contributed by atoms with Gasteiger partial charge in [0, 0.05) is 11.5 Å². The second-order valence-electron chi connectivity index (χ2n) is 6.52. The minimum atomic E-state index is -0.342. The number of aryl methyl sites for hydroxylation is 1. The van der Waals surface area contributed by atoms with Crippen LogP contribution in [0.4, 0.5) is 5.82 Å². The molecule has 0 unspecified atom stereocenters. The Hall–Kier alpha value is -3.65. The summed E-state index contributed by atoms with van der Waals surface area (Å²) in [4.78, 5) is 17.4. The van der Waals surface area contributed by atoms with Gasteiger partial charge in [-0.3, -0.25) is 4.79 Å². The molecule has 2 aromatic carbocycles. The number of carbonyl (C=O) groups excluding carboxylic acids is 1. The van der Waals surface area contributed by atoms with Gasteiger partial charge in [0.25, 0.3) is 5.91 Å². The van der Waals surface area contributed by atoms with E-state index in [4.69, 9.17) is 9.15 Å². The van der Waals surface area contributed by atoms with E-state index in [1.54, 1.807) is 23.9 Å². The summed E-state index contributed by atoms with van der Waals surface area (Å²) in [5.41, 5.74) is 2.28. The first-order chi connectivity index (χ1) is 14.1. The van der Waals surface area contributed by atoms with E-state index in [0.717, 1.165) is 27.0 Å². The van der Waals surface area contributed by atoms with E-state index in [2.05, 4.69) is 15.4 Å². The lowest BCUT2D eigenvalue weighted by Crippen LogP contribution is -2.14. The summed E-state index contributed by atoms with van der Waals surface area (Å²) in [5, 5.41) is 8.91. The van der Waals surface area contributed by atoms with Crippen LogP contribution in [0.2, 0.25) is 0 Å². The highest BCUT2D eigenvalue weighted by molar-refractivity contribution is 7.20. The maximum atomic E-state index is 12.8. The van der Waals surface area contributed by atoms with Gasteiger partial charge in [0.1, 0.15) is 17.2 Å². The number of amides is 1. The molecule has 0 radical (unpaired) electrons. The number of rotatable bonds is 4. The maximum absolute atomic E-state index is 12.8. The summed E-state index contributed by atoms with van der Waals surface area (Å²) < 4.78 is 13.5. The lowest BCUT2D eigenvalue weighted by molar-refractivity contribution is 0.0998. The van der Waals surface area contributed by atoms with Crippen LogP contribution in [0.1, 0.15) is 16.2 Å². The number of aromatic nitrogens is 3. The van der Waals surface area contributed by atoms with E-state index in [1.807, 2.05) is 49.4 Å². The van der Waals surface area contributed by atoms with Crippen LogP contribution in [0, 0.1) is 6.92 Å². The van der Waals surface area contributed by atoms with Crippen LogP contribution in [0.5, 0.6) is 5.75 Å². The monoisotopic (exact) mass is 404 g/mol. The number of hydrogen-bond donors (Lipinski definition) is 1. The molecule has 0 aliphatic heterocycles. The van der Waals surface area contributed by atoms with Gasteiger partial charge in [0.15, 0.2) is 5.76 Å². The van der Waals surface area contributed by atoms with E-state index in [1.165, 1.54) is 11.3 Å². The average molecular weight is 404 g/mol. The van der Waals surface area contributed by atoms with Crippen LogP contribution < -0.4 is 10.1 Å². The Kier molecular flexibility index (Phi) is 4.06. The Balaban J connectivity index is 1.50. The molecule has 0 saturated carbocycles. The third-order valence-electron chi connectivity index (χ3n) is 4.49. The van der Waals surface area contributed by atoms with Crippen molar-refractivity contribution in [1.29, 1.82) is 0 Å². The Morgan fingerprint density at radius 1 is 1.17 bits per heavy atom. The number of fused-ring (bicyclic) bond motifs is 2. The summed E-state index contributed by atoms with van der Waals surface area (Å²) in [6, 6.07) is 16.7. The van der Waals surface area contributed by atoms with E-state index in [0.29, 0.717) is 16.5 Å². The number of anilines is 1. The van der Waals surface area contributed by atoms with Gasteiger partial charge in [-0.1, -0.05) is 29.5 Å². The van der Waals surface area contributed by atoms with E-state index in [-0.39, 0.29) is 11.7 Å². The molecule has 1 N–H and O–H groups in total. The molecular formula is C21H16N4O3S. The average Bonchev–Trinajstić information content (AvgIpc) is 3.42. The second-order valence-corrected chi connectivity index (χ2v) is 7.52. The molecule has 5 rings (SSSR count). The molecule has 5 aromatic rings. The molecule has 0 spiro atoms. The Labute approximate surface area is 169 Å². The first kappa shape index (κ1) is 17.4. The molecule has 8 heteroatoms. The van der Waals surface area contributed by atoms with Gasteiger partial charge < -0.3 is 14.5 Å². The first-order valence-electron chi connectivity index (χ1n) is 8.92. The molecule has 0 bridgehead atoms. The number of nitrogens with one attached hydrogen (secondary N) is 1. The molecule has 29 heavy (non-hydrogen) atoms. The number of thiazole rings is 1. The predicted octanol–water partition coefficient (Wildman–Crippen LogP) is 4.80. The van der Waals surface area contributed by atoms with Crippen LogP contribution in [0.15, 0.2) is 59.0 Å². The largest absolute Gasteiger partial charge is 0.497 e. The number of ether oxygens (including phenoxy) is 1. The van der Waals surface area contributed by atoms with Crippen molar-refractivity contribution in [1.82, 2.24) is 14.8 Å². The van der Waals surface area contributed by atoms with Gasteiger partial charge in [-0.25, -0.2) is 4.98 Å². The number of carbonyl (C=O) groups is 1. The van der Waals surface area contributed by atoms with Crippen molar-refractivity contribution in [2.45, 2.75) is 6.92 Å². The van der Waals surface area contributed by atoms with Crippen LogP contribution in [0.3, 0.4) is 0 Å². The zero-order chi connectivity index (χ0) is 20.0. The third-order valence-corrected chi connectivity index (χ3v) is 5.48. The van der Waals surface area contributed by atoms with E-state index >= 15 is 0 Å². The second kappa shape index (κ2) is 6.75. The summed E-state index contributed by atoms with van der Waals surface area (Å²) in [5.74, 6) is 1.19. The highest BCUT2D eigenvalue weighted by Crippen LogP contribution is 2.30. The SMILES string of the molecule is COc1ccc2nc(-n3nc(C)cc3NC(=O)c3cc4ccccc4o3)sc2c1. The van der Waals surface area contributed by atoms with E-state index in [9.17, 15) is 4.79 Å². The Morgan fingerprint density at radius 2 is 2.03 bits per heavy atom. The molecule has 0 aliphatic rings. The van der Waals surface area contributed by atoms with Crippen molar-refractivity contribution >= 4 is 44.2 Å². The summed E-state index contributed by atoms with van der Waals surface area (Å²) in [6.07, 6.45) is 0. The number of para-hydroxylation sites is 1. The molecule has 7 nitrogen and oxygen atoms in total. The molecule has 0 saturated heterocycles. The lowest BCUT2D eigenvalue weighted by atomic mass is 10.2. The topological polar surface area (TPSA) is 82.2 Å². The van der Waals surface area contributed by atoms with E-state index < -0.39 is 0 Å².